The zero-order valence-corrected chi connectivity index (χ0v) is 10.6. The predicted octanol–water partition coefficient (Wildman–Crippen LogP) is 0.726. The Morgan fingerprint density at radius 2 is 2.17 bits per heavy atom. The summed E-state index contributed by atoms with van der Waals surface area (Å²) in [5, 5.41) is 2.88. The van der Waals surface area contributed by atoms with Gasteiger partial charge in [-0.05, 0) is 24.9 Å². The second-order valence-corrected chi connectivity index (χ2v) is 4.76. The molecule has 1 fully saturated rings. The molecule has 0 saturated carbocycles. The van der Waals surface area contributed by atoms with Crippen molar-refractivity contribution in [3.63, 3.8) is 0 Å². The number of carbonyl (C=O) groups is 1. The van der Waals surface area contributed by atoms with Crippen molar-refractivity contribution in [1.29, 1.82) is 0 Å². The van der Waals surface area contributed by atoms with E-state index < -0.39 is 0 Å². The number of nitrogens with two attached hydrogens (primary N) is 1. The molecule has 1 aliphatic heterocycles. The molecule has 0 bridgehead atoms. The maximum absolute atomic E-state index is 11.2. The minimum atomic E-state index is -0.0680. The van der Waals surface area contributed by atoms with E-state index in [0.29, 0.717) is 12.6 Å². The van der Waals surface area contributed by atoms with Gasteiger partial charge in [-0.3, -0.25) is 9.69 Å². The van der Waals surface area contributed by atoms with E-state index in [0.717, 1.165) is 19.5 Å². The van der Waals surface area contributed by atoms with Gasteiger partial charge in [0.1, 0.15) is 0 Å². The van der Waals surface area contributed by atoms with E-state index >= 15 is 0 Å². The van der Waals surface area contributed by atoms with Crippen LogP contribution in [0.2, 0.25) is 0 Å². The van der Waals surface area contributed by atoms with E-state index in [1.807, 2.05) is 6.07 Å². The summed E-state index contributed by atoms with van der Waals surface area (Å²) in [5.41, 5.74) is 6.62. The molecule has 1 heterocycles. The summed E-state index contributed by atoms with van der Waals surface area (Å²) in [6.07, 6.45) is 2.35. The van der Waals surface area contributed by atoms with Crippen molar-refractivity contribution < 1.29 is 4.79 Å². The number of carbonyl (C=O) groups excluding carboxylic acids is 1. The average molecular weight is 247 g/mol. The Labute approximate surface area is 108 Å². The van der Waals surface area contributed by atoms with Crippen LogP contribution in [0.3, 0.4) is 0 Å². The summed E-state index contributed by atoms with van der Waals surface area (Å²) < 4.78 is 0. The molecule has 1 amide bonds. The highest BCUT2D eigenvalue weighted by atomic mass is 16.1. The highest BCUT2D eigenvalue weighted by molar-refractivity contribution is 5.77. The van der Waals surface area contributed by atoms with Gasteiger partial charge in [0.15, 0.2) is 0 Å². The standard InChI is InChI=1S/C14H21N3O/c15-9-14(18)16-10-13-7-4-8-17(13)11-12-5-2-1-3-6-12/h1-3,5-6,13H,4,7-11,15H2,(H,16,18)/t13-/m1/s1. The number of hydrogen-bond acceptors (Lipinski definition) is 3. The minimum absolute atomic E-state index is 0.0680. The van der Waals surface area contributed by atoms with Crippen molar-refractivity contribution >= 4 is 5.91 Å². The fourth-order valence-electron chi connectivity index (χ4n) is 2.46. The first-order chi connectivity index (χ1) is 8.79. The molecule has 0 unspecified atom stereocenters. The first-order valence-corrected chi connectivity index (χ1v) is 6.54. The van der Waals surface area contributed by atoms with Gasteiger partial charge in [-0.2, -0.15) is 0 Å². The third kappa shape index (κ3) is 3.55. The monoisotopic (exact) mass is 247 g/mol. The van der Waals surface area contributed by atoms with Gasteiger partial charge in [-0.15, -0.1) is 0 Å². The predicted molar refractivity (Wildman–Crippen MR) is 71.9 cm³/mol. The van der Waals surface area contributed by atoms with Crippen molar-refractivity contribution in [1.82, 2.24) is 10.2 Å². The molecule has 1 aromatic rings. The lowest BCUT2D eigenvalue weighted by atomic mass is 10.2. The van der Waals surface area contributed by atoms with E-state index in [1.54, 1.807) is 0 Å². The lowest BCUT2D eigenvalue weighted by Crippen LogP contribution is -2.41. The molecule has 3 N–H and O–H groups in total. The van der Waals surface area contributed by atoms with Gasteiger partial charge in [0.05, 0.1) is 6.54 Å². The van der Waals surface area contributed by atoms with Crippen LogP contribution in [0.25, 0.3) is 0 Å². The highest BCUT2D eigenvalue weighted by Gasteiger charge is 2.24. The van der Waals surface area contributed by atoms with Gasteiger partial charge >= 0.3 is 0 Å². The lowest BCUT2D eigenvalue weighted by molar-refractivity contribution is -0.119. The van der Waals surface area contributed by atoms with Gasteiger partial charge in [0, 0.05) is 19.1 Å². The number of hydrogen-bond donors (Lipinski definition) is 2. The van der Waals surface area contributed by atoms with E-state index in [4.69, 9.17) is 5.73 Å². The number of amides is 1. The number of nitrogens with zero attached hydrogens (tertiary/aromatic N) is 1. The molecule has 0 spiro atoms. The van der Waals surface area contributed by atoms with E-state index in [9.17, 15) is 4.79 Å². The average Bonchev–Trinajstić information content (AvgIpc) is 2.84. The summed E-state index contributed by atoms with van der Waals surface area (Å²) in [6, 6.07) is 10.9. The Hall–Kier alpha value is -1.39. The SMILES string of the molecule is NCC(=O)NC[C@H]1CCCN1Cc1ccccc1. The molecule has 4 heteroatoms. The molecule has 1 atom stereocenters. The molecular weight excluding hydrogens is 226 g/mol. The summed E-state index contributed by atoms with van der Waals surface area (Å²) in [6.45, 7) is 2.86. The molecule has 0 aromatic heterocycles. The van der Waals surface area contributed by atoms with Crippen LogP contribution in [0.5, 0.6) is 0 Å². The summed E-state index contributed by atoms with van der Waals surface area (Å²) >= 11 is 0. The molecular formula is C14H21N3O. The maximum atomic E-state index is 11.2. The first-order valence-electron chi connectivity index (χ1n) is 6.54. The first kappa shape index (κ1) is 13.1. The Morgan fingerprint density at radius 1 is 1.39 bits per heavy atom. The molecule has 1 saturated heterocycles. The number of likely N-dealkylation sites (tertiary alicyclic amines) is 1. The van der Waals surface area contributed by atoms with Gasteiger partial charge in [0.2, 0.25) is 5.91 Å². The quantitative estimate of drug-likeness (QED) is 0.806. The van der Waals surface area contributed by atoms with Crippen LogP contribution < -0.4 is 11.1 Å². The zero-order valence-electron chi connectivity index (χ0n) is 10.6. The summed E-state index contributed by atoms with van der Waals surface area (Å²) in [5.74, 6) is -0.0680. The van der Waals surface area contributed by atoms with Crippen LogP contribution in [0, 0.1) is 0 Å². The molecule has 2 rings (SSSR count). The smallest absolute Gasteiger partial charge is 0.233 e. The van der Waals surface area contributed by atoms with Crippen LogP contribution in [0.4, 0.5) is 0 Å². The molecule has 4 nitrogen and oxygen atoms in total. The normalized spacial score (nSPS) is 19.9. The fraction of sp³-hybridized carbons (Fsp3) is 0.500. The second-order valence-electron chi connectivity index (χ2n) is 4.76. The van der Waals surface area contributed by atoms with E-state index in [1.165, 1.54) is 12.0 Å². The van der Waals surface area contributed by atoms with Gasteiger partial charge in [-0.25, -0.2) is 0 Å². The molecule has 1 aliphatic rings. The number of nitrogens with one attached hydrogen (secondary N) is 1. The third-order valence-corrected chi connectivity index (χ3v) is 3.45. The maximum Gasteiger partial charge on any atom is 0.233 e. The zero-order chi connectivity index (χ0) is 12.8. The summed E-state index contributed by atoms with van der Waals surface area (Å²) in [4.78, 5) is 13.6. The minimum Gasteiger partial charge on any atom is -0.353 e. The number of benzene rings is 1. The molecule has 18 heavy (non-hydrogen) atoms. The van der Waals surface area contributed by atoms with Crippen LogP contribution >= 0.6 is 0 Å². The number of rotatable bonds is 5. The van der Waals surface area contributed by atoms with Crippen LogP contribution in [-0.2, 0) is 11.3 Å². The van der Waals surface area contributed by atoms with Crippen LogP contribution in [0.15, 0.2) is 30.3 Å². The van der Waals surface area contributed by atoms with Crippen molar-refractivity contribution in [2.24, 2.45) is 5.73 Å². The van der Waals surface area contributed by atoms with E-state index in [-0.39, 0.29) is 12.5 Å². The Morgan fingerprint density at radius 3 is 2.89 bits per heavy atom. The Bertz CT molecular complexity index is 380. The van der Waals surface area contributed by atoms with Gasteiger partial charge < -0.3 is 11.1 Å². The second kappa shape index (κ2) is 6.52. The van der Waals surface area contributed by atoms with Crippen LogP contribution in [-0.4, -0.2) is 36.5 Å². The topological polar surface area (TPSA) is 58.4 Å². The van der Waals surface area contributed by atoms with Crippen molar-refractivity contribution in [3.05, 3.63) is 35.9 Å². The largest absolute Gasteiger partial charge is 0.353 e. The third-order valence-electron chi connectivity index (χ3n) is 3.45. The highest BCUT2D eigenvalue weighted by Crippen LogP contribution is 2.19. The van der Waals surface area contributed by atoms with Crippen molar-refractivity contribution in [2.75, 3.05) is 19.6 Å². The fourth-order valence-corrected chi connectivity index (χ4v) is 2.46. The van der Waals surface area contributed by atoms with Gasteiger partial charge in [-0.1, -0.05) is 30.3 Å². The van der Waals surface area contributed by atoms with Gasteiger partial charge in [0.25, 0.3) is 0 Å². The van der Waals surface area contributed by atoms with Crippen molar-refractivity contribution in [3.8, 4) is 0 Å². The molecule has 1 aromatic carbocycles. The summed E-state index contributed by atoms with van der Waals surface area (Å²) in [7, 11) is 0. The molecule has 98 valence electrons. The van der Waals surface area contributed by atoms with E-state index in [2.05, 4.69) is 34.5 Å². The Kier molecular flexibility index (Phi) is 4.73. The molecule has 0 radical (unpaired) electrons. The molecule has 0 aliphatic carbocycles. The lowest BCUT2D eigenvalue weighted by Gasteiger charge is -2.24. The van der Waals surface area contributed by atoms with Crippen LogP contribution in [0.1, 0.15) is 18.4 Å². The van der Waals surface area contributed by atoms with Crippen molar-refractivity contribution in [2.45, 2.75) is 25.4 Å². The Balaban J connectivity index is 1.86.